The van der Waals surface area contributed by atoms with Gasteiger partial charge in [0.05, 0.1) is 23.9 Å². The van der Waals surface area contributed by atoms with Crippen molar-refractivity contribution in [1.29, 1.82) is 0 Å². The van der Waals surface area contributed by atoms with E-state index in [4.69, 9.17) is 16.3 Å². The molecule has 0 radical (unpaired) electrons. The van der Waals surface area contributed by atoms with Gasteiger partial charge in [-0.1, -0.05) is 11.6 Å². The molecule has 0 bridgehead atoms. The molecule has 1 saturated carbocycles. The van der Waals surface area contributed by atoms with Crippen molar-refractivity contribution in [1.82, 2.24) is 19.8 Å². The van der Waals surface area contributed by atoms with E-state index >= 15 is 0 Å². The standard InChI is InChI=1S/C17H17ClFN5O2/c1-17(25)6-9(7-17)21-16-23-22-14(15-13(19)8-20-24(15)16)11-4-3-10(26-2)5-12(11)18/h3-5,8-9,25H,6-7H2,1-2H3,(H,21,23). The summed E-state index contributed by atoms with van der Waals surface area (Å²) in [6, 6.07) is 5.08. The molecule has 1 aromatic carbocycles. The number of aliphatic hydroxyl groups is 1. The Morgan fingerprint density at radius 2 is 2.15 bits per heavy atom. The molecule has 0 unspecified atom stereocenters. The quantitative estimate of drug-likeness (QED) is 0.727. The largest absolute Gasteiger partial charge is 0.497 e. The van der Waals surface area contributed by atoms with Crippen LogP contribution in [-0.4, -0.2) is 43.7 Å². The predicted molar refractivity (Wildman–Crippen MR) is 95.0 cm³/mol. The fraction of sp³-hybridized carbons (Fsp3) is 0.353. The highest BCUT2D eigenvalue weighted by atomic mass is 35.5. The van der Waals surface area contributed by atoms with Gasteiger partial charge in [-0.15, -0.1) is 10.2 Å². The zero-order chi connectivity index (χ0) is 18.5. The van der Waals surface area contributed by atoms with E-state index in [9.17, 15) is 9.50 Å². The molecule has 9 heteroatoms. The van der Waals surface area contributed by atoms with Crippen molar-refractivity contribution >= 4 is 23.1 Å². The molecule has 136 valence electrons. The number of nitrogens with zero attached hydrogens (tertiary/aromatic N) is 4. The molecule has 7 nitrogen and oxygen atoms in total. The summed E-state index contributed by atoms with van der Waals surface area (Å²) in [6.07, 6.45) is 2.26. The Labute approximate surface area is 153 Å². The predicted octanol–water partition coefficient (Wildman–Crippen LogP) is 2.92. The van der Waals surface area contributed by atoms with Crippen LogP contribution in [0, 0.1) is 5.82 Å². The van der Waals surface area contributed by atoms with Crippen molar-refractivity contribution in [3.63, 3.8) is 0 Å². The lowest BCUT2D eigenvalue weighted by molar-refractivity contribution is -0.0236. The fourth-order valence-electron chi connectivity index (χ4n) is 3.26. The fourth-order valence-corrected chi connectivity index (χ4v) is 3.52. The third-order valence-electron chi connectivity index (χ3n) is 4.53. The third-order valence-corrected chi connectivity index (χ3v) is 4.84. The lowest BCUT2D eigenvalue weighted by Crippen LogP contribution is -2.48. The summed E-state index contributed by atoms with van der Waals surface area (Å²) in [7, 11) is 1.54. The summed E-state index contributed by atoms with van der Waals surface area (Å²) < 4.78 is 20.9. The number of aromatic nitrogens is 4. The normalized spacial score (nSPS) is 22.3. The Balaban J connectivity index is 1.76. The van der Waals surface area contributed by atoms with E-state index in [1.54, 1.807) is 25.1 Å². The first-order valence-electron chi connectivity index (χ1n) is 8.11. The van der Waals surface area contributed by atoms with E-state index in [1.807, 2.05) is 0 Å². The first kappa shape index (κ1) is 17.0. The van der Waals surface area contributed by atoms with Crippen molar-refractivity contribution in [2.24, 2.45) is 0 Å². The molecule has 26 heavy (non-hydrogen) atoms. The Kier molecular flexibility index (Phi) is 3.96. The first-order chi connectivity index (χ1) is 12.4. The highest BCUT2D eigenvalue weighted by molar-refractivity contribution is 6.33. The minimum Gasteiger partial charge on any atom is -0.497 e. The minimum absolute atomic E-state index is 0.0326. The molecule has 3 aromatic rings. The second kappa shape index (κ2) is 6.07. The second-order valence-corrected chi connectivity index (χ2v) is 7.12. The number of nitrogens with one attached hydrogen (secondary N) is 1. The molecule has 1 fully saturated rings. The highest BCUT2D eigenvalue weighted by Gasteiger charge is 2.39. The molecule has 0 spiro atoms. The molecule has 1 aliphatic rings. The van der Waals surface area contributed by atoms with Crippen molar-refractivity contribution in [3.8, 4) is 17.0 Å². The van der Waals surface area contributed by atoms with E-state index in [1.165, 1.54) is 11.6 Å². The Hall–Kier alpha value is -2.45. The van der Waals surface area contributed by atoms with Crippen LogP contribution in [0.25, 0.3) is 16.8 Å². The average molecular weight is 378 g/mol. The molecule has 2 aromatic heterocycles. The van der Waals surface area contributed by atoms with Crippen LogP contribution in [0.15, 0.2) is 24.4 Å². The van der Waals surface area contributed by atoms with Gasteiger partial charge < -0.3 is 15.2 Å². The smallest absolute Gasteiger partial charge is 0.244 e. The number of methoxy groups -OCH3 is 1. The molecular weight excluding hydrogens is 361 g/mol. The monoisotopic (exact) mass is 377 g/mol. The van der Waals surface area contributed by atoms with Gasteiger partial charge >= 0.3 is 0 Å². The molecule has 1 aliphatic carbocycles. The maximum absolute atomic E-state index is 14.4. The summed E-state index contributed by atoms with van der Waals surface area (Å²) in [4.78, 5) is 0. The van der Waals surface area contributed by atoms with E-state index in [0.29, 0.717) is 40.8 Å². The number of ether oxygens (including phenoxy) is 1. The van der Waals surface area contributed by atoms with Crippen LogP contribution in [0.3, 0.4) is 0 Å². The maximum Gasteiger partial charge on any atom is 0.244 e. The van der Waals surface area contributed by atoms with E-state index in [0.717, 1.165) is 6.20 Å². The number of rotatable bonds is 4. The summed E-state index contributed by atoms with van der Waals surface area (Å²) in [6.45, 7) is 1.77. The maximum atomic E-state index is 14.4. The van der Waals surface area contributed by atoms with E-state index in [2.05, 4.69) is 20.6 Å². The van der Waals surface area contributed by atoms with Gasteiger partial charge in [-0.2, -0.15) is 9.61 Å². The molecule has 2 N–H and O–H groups in total. The first-order valence-corrected chi connectivity index (χ1v) is 8.48. The van der Waals surface area contributed by atoms with Crippen LogP contribution in [0.5, 0.6) is 5.75 Å². The van der Waals surface area contributed by atoms with Gasteiger partial charge in [0.25, 0.3) is 0 Å². The lowest BCUT2D eigenvalue weighted by atomic mass is 9.77. The summed E-state index contributed by atoms with van der Waals surface area (Å²) >= 11 is 6.31. The average Bonchev–Trinajstić information content (AvgIpc) is 2.96. The van der Waals surface area contributed by atoms with Gasteiger partial charge in [-0.3, -0.25) is 0 Å². The van der Waals surface area contributed by atoms with Gasteiger partial charge in [0.15, 0.2) is 5.82 Å². The van der Waals surface area contributed by atoms with Crippen LogP contribution in [0.1, 0.15) is 19.8 Å². The number of anilines is 1. The van der Waals surface area contributed by atoms with Crippen molar-refractivity contribution in [2.45, 2.75) is 31.4 Å². The van der Waals surface area contributed by atoms with Crippen molar-refractivity contribution in [3.05, 3.63) is 35.2 Å². The number of hydrogen-bond donors (Lipinski definition) is 2. The number of fused-ring (bicyclic) bond motifs is 1. The van der Waals surface area contributed by atoms with Crippen LogP contribution < -0.4 is 10.1 Å². The minimum atomic E-state index is -0.684. The molecular formula is C17H17ClFN5O2. The van der Waals surface area contributed by atoms with Crippen LogP contribution in [0.2, 0.25) is 5.02 Å². The number of halogens is 2. The van der Waals surface area contributed by atoms with Gasteiger partial charge in [0.1, 0.15) is 17.0 Å². The zero-order valence-corrected chi connectivity index (χ0v) is 15.0. The van der Waals surface area contributed by atoms with Crippen LogP contribution >= 0.6 is 11.6 Å². The van der Waals surface area contributed by atoms with E-state index in [-0.39, 0.29) is 11.6 Å². The Morgan fingerprint density at radius 3 is 2.81 bits per heavy atom. The molecule has 0 saturated heterocycles. The molecule has 2 heterocycles. The highest BCUT2D eigenvalue weighted by Crippen LogP contribution is 2.35. The number of hydrogen-bond acceptors (Lipinski definition) is 6. The Bertz CT molecular complexity index is 983. The van der Waals surface area contributed by atoms with Crippen molar-refractivity contribution in [2.75, 3.05) is 12.4 Å². The zero-order valence-electron chi connectivity index (χ0n) is 14.2. The van der Waals surface area contributed by atoms with Gasteiger partial charge in [0, 0.05) is 11.6 Å². The summed E-state index contributed by atoms with van der Waals surface area (Å²) in [5.41, 5.74) is 0.317. The topological polar surface area (TPSA) is 84.6 Å². The van der Waals surface area contributed by atoms with Gasteiger partial charge in [-0.05, 0) is 38.0 Å². The number of benzene rings is 1. The lowest BCUT2D eigenvalue weighted by Gasteiger charge is -2.41. The van der Waals surface area contributed by atoms with Crippen molar-refractivity contribution < 1.29 is 14.2 Å². The van der Waals surface area contributed by atoms with Crippen LogP contribution in [0.4, 0.5) is 10.3 Å². The van der Waals surface area contributed by atoms with Crippen LogP contribution in [-0.2, 0) is 0 Å². The molecule has 0 amide bonds. The third kappa shape index (κ3) is 2.85. The summed E-state index contributed by atoms with van der Waals surface area (Å²) in [5.74, 6) is 0.384. The Morgan fingerprint density at radius 1 is 1.38 bits per heavy atom. The summed E-state index contributed by atoms with van der Waals surface area (Å²) in [5, 5.41) is 25.8. The molecule has 0 atom stereocenters. The SMILES string of the molecule is COc1ccc(-c2nnc(NC3CC(C)(O)C3)n3ncc(F)c23)c(Cl)c1. The van der Waals surface area contributed by atoms with E-state index < -0.39 is 11.4 Å². The molecule has 4 rings (SSSR count). The van der Waals surface area contributed by atoms with Gasteiger partial charge in [-0.25, -0.2) is 4.39 Å². The molecule has 0 aliphatic heterocycles. The van der Waals surface area contributed by atoms with Gasteiger partial charge in [0.2, 0.25) is 5.95 Å². The second-order valence-electron chi connectivity index (χ2n) is 6.72.